The van der Waals surface area contributed by atoms with Crippen LogP contribution in [-0.2, 0) is 0 Å². The summed E-state index contributed by atoms with van der Waals surface area (Å²) in [5, 5.41) is 3.18. The Morgan fingerprint density at radius 1 is 1.03 bits per heavy atom. The van der Waals surface area contributed by atoms with Gasteiger partial charge in [0.1, 0.15) is 5.69 Å². The van der Waals surface area contributed by atoms with Crippen LogP contribution < -0.4 is 10.2 Å². The van der Waals surface area contributed by atoms with E-state index in [4.69, 9.17) is 0 Å². The normalized spacial score (nSPS) is 15.2. The molecule has 3 rings (SSSR count). The van der Waals surface area contributed by atoms with Crippen molar-refractivity contribution in [2.75, 3.05) is 42.9 Å². The number of hydrogen-bond acceptors (Lipinski definition) is 4. The van der Waals surface area contributed by atoms with E-state index in [9.17, 15) is 4.79 Å². The molecule has 1 aromatic heterocycles. The minimum Gasteiger partial charge on any atom is -0.369 e. The Bertz CT molecular complexity index is 812. The van der Waals surface area contributed by atoms with Crippen molar-refractivity contribution in [3.05, 3.63) is 53.3 Å². The van der Waals surface area contributed by atoms with Crippen LogP contribution in [0.15, 0.2) is 36.5 Å². The molecule has 1 N–H and O–H groups in total. The zero-order valence-corrected chi connectivity index (χ0v) is 18.4. The van der Waals surface area contributed by atoms with E-state index in [1.54, 1.807) is 6.20 Å². The lowest BCUT2D eigenvalue weighted by molar-refractivity contribution is 0.102. The van der Waals surface area contributed by atoms with Crippen LogP contribution in [0.5, 0.6) is 0 Å². The fraction of sp³-hybridized carbons (Fsp3) is 0.500. The average molecular weight is 395 g/mol. The highest BCUT2D eigenvalue weighted by Gasteiger charge is 2.20. The van der Waals surface area contributed by atoms with Crippen LogP contribution in [0.1, 0.15) is 68.1 Å². The highest BCUT2D eigenvalue weighted by molar-refractivity contribution is 6.04. The van der Waals surface area contributed by atoms with Crippen molar-refractivity contribution in [2.24, 2.45) is 0 Å². The second kappa shape index (κ2) is 9.40. The van der Waals surface area contributed by atoms with Gasteiger partial charge < -0.3 is 15.1 Å². The van der Waals surface area contributed by atoms with Crippen molar-refractivity contribution in [3.63, 3.8) is 0 Å². The first-order valence-corrected chi connectivity index (χ1v) is 10.8. The van der Waals surface area contributed by atoms with Crippen molar-refractivity contribution in [2.45, 2.75) is 46.5 Å². The molecule has 1 aliphatic rings. The number of carbonyl (C=O) groups is 1. The molecule has 0 atom stereocenters. The van der Waals surface area contributed by atoms with Crippen molar-refractivity contribution in [1.82, 2.24) is 9.88 Å². The summed E-state index contributed by atoms with van der Waals surface area (Å²) in [5.74, 6) is 0.519. The number of aromatic nitrogens is 1. The van der Waals surface area contributed by atoms with Crippen molar-refractivity contribution < 1.29 is 4.79 Å². The molecule has 0 spiro atoms. The molecule has 2 aromatic rings. The van der Waals surface area contributed by atoms with Gasteiger partial charge in [0.15, 0.2) is 0 Å². The number of nitrogens with one attached hydrogen (secondary N) is 1. The lowest BCUT2D eigenvalue weighted by atomic mass is 9.92. The molecule has 5 nitrogen and oxygen atoms in total. The molecule has 0 bridgehead atoms. The van der Waals surface area contributed by atoms with E-state index >= 15 is 0 Å². The number of rotatable bonds is 6. The zero-order chi connectivity index (χ0) is 21.0. The number of anilines is 2. The first kappa shape index (κ1) is 21.3. The number of piperazine rings is 1. The van der Waals surface area contributed by atoms with Crippen LogP contribution in [-0.4, -0.2) is 48.5 Å². The second-order valence-electron chi connectivity index (χ2n) is 8.40. The first-order chi connectivity index (χ1) is 13.9. The smallest absolute Gasteiger partial charge is 0.274 e. The Kier molecular flexibility index (Phi) is 6.91. The number of carbonyl (C=O) groups excluding carboxylic acids is 1. The molecule has 1 amide bonds. The summed E-state index contributed by atoms with van der Waals surface area (Å²) in [6.45, 7) is 16.0. The quantitative estimate of drug-likeness (QED) is 0.770. The predicted molar refractivity (Wildman–Crippen MR) is 121 cm³/mol. The molecule has 1 aliphatic heterocycles. The highest BCUT2D eigenvalue weighted by atomic mass is 16.1. The van der Waals surface area contributed by atoms with E-state index < -0.39 is 0 Å². The third kappa shape index (κ3) is 4.96. The fourth-order valence-electron chi connectivity index (χ4n) is 3.94. The van der Waals surface area contributed by atoms with Crippen molar-refractivity contribution >= 4 is 17.3 Å². The summed E-state index contributed by atoms with van der Waals surface area (Å²) in [5.41, 5.74) is 4.80. The van der Waals surface area contributed by atoms with E-state index in [0.29, 0.717) is 17.5 Å². The van der Waals surface area contributed by atoms with Crippen LogP contribution in [0.2, 0.25) is 0 Å². The van der Waals surface area contributed by atoms with Crippen LogP contribution in [0.25, 0.3) is 0 Å². The highest BCUT2D eigenvalue weighted by Crippen LogP contribution is 2.32. The zero-order valence-electron chi connectivity index (χ0n) is 18.4. The molecule has 5 heteroatoms. The maximum Gasteiger partial charge on any atom is 0.274 e. The number of nitrogens with zero attached hydrogens (tertiary/aromatic N) is 3. The van der Waals surface area contributed by atoms with Crippen molar-refractivity contribution in [1.29, 1.82) is 0 Å². The van der Waals surface area contributed by atoms with E-state index in [-0.39, 0.29) is 5.91 Å². The summed E-state index contributed by atoms with van der Waals surface area (Å²) in [6.07, 6.45) is 1.74. The molecule has 0 saturated carbocycles. The molecular weight excluding hydrogens is 360 g/mol. The topological polar surface area (TPSA) is 48.5 Å². The minimum absolute atomic E-state index is 0.144. The van der Waals surface area contributed by atoms with Gasteiger partial charge in [-0.2, -0.15) is 0 Å². The standard InChI is InChI=1S/C24H34N4O/c1-6-27-12-14-28(15-13-27)19-10-11-25-22(16-19)24(29)26-23-20(17(2)3)8-7-9-21(23)18(4)5/h7-11,16-18H,6,12-15H2,1-5H3,(H,26,29). The molecule has 156 valence electrons. The molecule has 2 heterocycles. The van der Waals surface area contributed by atoms with Gasteiger partial charge in [0, 0.05) is 43.8 Å². The van der Waals surface area contributed by atoms with Gasteiger partial charge in [-0.05, 0) is 41.6 Å². The number of amides is 1. The number of hydrogen-bond donors (Lipinski definition) is 1. The summed E-state index contributed by atoms with van der Waals surface area (Å²) in [4.78, 5) is 22.2. The molecule has 0 radical (unpaired) electrons. The third-order valence-electron chi connectivity index (χ3n) is 5.77. The first-order valence-electron chi connectivity index (χ1n) is 10.8. The monoisotopic (exact) mass is 394 g/mol. The molecule has 0 unspecified atom stereocenters. The van der Waals surface area contributed by atoms with Gasteiger partial charge in [-0.15, -0.1) is 0 Å². The number of para-hydroxylation sites is 1. The molecule has 1 fully saturated rings. The number of likely N-dealkylation sites (N-methyl/N-ethyl adjacent to an activating group) is 1. The summed E-state index contributed by atoms with van der Waals surface area (Å²) < 4.78 is 0. The Labute approximate surface area is 175 Å². The van der Waals surface area contributed by atoms with E-state index in [0.717, 1.165) is 55.2 Å². The van der Waals surface area contributed by atoms with Gasteiger partial charge in [0.2, 0.25) is 0 Å². The molecular formula is C24H34N4O. The van der Waals surface area contributed by atoms with Gasteiger partial charge in [0.25, 0.3) is 5.91 Å². The second-order valence-corrected chi connectivity index (χ2v) is 8.40. The minimum atomic E-state index is -0.144. The average Bonchev–Trinajstić information content (AvgIpc) is 2.73. The molecule has 0 aliphatic carbocycles. The lowest BCUT2D eigenvalue weighted by Gasteiger charge is -2.35. The van der Waals surface area contributed by atoms with Crippen LogP contribution in [0.3, 0.4) is 0 Å². The van der Waals surface area contributed by atoms with E-state index in [1.807, 2.05) is 12.1 Å². The van der Waals surface area contributed by atoms with Crippen molar-refractivity contribution in [3.8, 4) is 0 Å². The van der Waals surface area contributed by atoms with Gasteiger partial charge in [-0.25, -0.2) is 0 Å². The third-order valence-corrected chi connectivity index (χ3v) is 5.77. The lowest BCUT2D eigenvalue weighted by Crippen LogP contribution is -2.46. The van der Waals surface area contributed by atoms with Crippen LogP contribution in [0.4, 0.5) is 11.4 Å². The maximum atomic E-state index is 13.1. The van der Waals surface area contributed by atoms with Crippen LogP contribution >= 0.6 is 0 Å². The van der Waals surface area contributed by atoms with Gasteiger partial charge >= 0.3 is 0 Å². The summed E-state index contributed by atoms with van der Waals surface area (Å²) >= 11 is 0. The Morgan fingerprint density at radius 3 is 2.21 bits per heavy atom. The maximum absolute atomic E-state index is 13.1. The van der Waals surface area contributed by atoms with Gasteiger partial charge in [0.05, 0.1) is 0 Å². The Balaban J connectivity index is 1.82. The molecule has 1 aromatic carbocycles. The van der Waals surface area contributed by atoms with Gasteiger partial charge in [-0.3, -0.25) is 9.78 Å². The molecule has 1 saturated heterocycles. The Hall–Kier alpha value is -2.40. The summed E-state index contributed by atoms with van der Waals surface area (Å²) in [6, 6.07) is 10.2. The predicted octanol–water partition coefficient (Wildman–Crippen LogP) is 4.72. The number of pyridine rings is 1. The Morgan fingerprint density at radius 2 is 1.66 bits per heavy atom. The number of benzene rings is 1. The van der Waals surface area contributed by atoms with Gasteiger partial charge in [-0.1, -0.05) is 52.8 Å². The van der Waals surface area contributed by atoms with E-state index in [2.05, 4.69) is 72.9 Å². The summed E-state index contributed by atoms with van der Waals surface area (Å²) in [7, 11) is 0. The SMILES string of the molecule is CCN1CCN(c2ccnc(C(=O)Nc3c(C(C)C)cccc3C(C)C)c2)CC1. The fourth-order valence-corrected chi connectivity index (χ4v) is 3.94. The largest absolute Gasteiger partial charge is 0.369 e. The molecule has 29 heavy (non-hydrogen) atoms. The van der Waals surface area contributed by atoms with E-state index in [1.165, 1.54) is 0 Å². The van der Waals surface area contributed by atoms with Crippen LogP contribution in [0, 0.1) is 0 Å².